The van der Waals surface area contributed by atoms with Crippen LogP contribution in [-0.4, -0.2) is 111 Å². The molecular formula is C28H41NO13. The summed E-state index contributed by atoms with van der Waals surface area (Å²) in [5, 5.41) is 13.5. The zero-order valence-corrected chi connectivity index (χ0v) is 24.8. The first kappa shape index (κ1) is 30.6. The molecule has 42 heavy (non-hydrogen) atoms. The van der Waals surface area contributed by atoms with Crippen molar-refractivity contribution in [1.82, 2.24) is 0 Å². The first-order valence-electron chi connectivity index (χ1n) is 14.4. The summed E-state index contributed by atoms with van der Waals surface area (Å²) in [6, 6.07) is 2.41. The third kappa shape index (κ3) is 6.08. The largest absolute Gasteiger partial charge is 0.498 e. The quantitative estimate of drug-likeness (QED) is 0.268. The molecule has 0 aliphatic carbocycles. The maximum atomic E-state index is 10.7. The molecule has 6 heterocycles. The van der Waals surface area contributed by atoms with Gasteiger partial charge in [-0.2, -0.15) is 0 Å². The Morgan fingerprint density at radius 3 is 1.50 bits per heavy atom. The van der Waals surface area contributed by atoms with Crippen molar-refractivity contribution in [1.29, 1.82) is 0 Å². The molecule has 0 spiro atoms. The Hall–Kier alpha value is -1.45. The number of fused-ring (bicyclic) bond motifs is 3. The van der Waals surface area contributed by atoms with Gasteiger partial charge in [0.05, 0.1) is 19.8 Å². The van der Waals surface area contributed by atoms with Crippen molar-refractivity contribution in [2.24, 2.45) is 0 Å². The van der Waals surface area contributed by atoms with Crippen LogP contribution < -0.4 is 0 Å². The summed E-state index contributed by atoms with van der Waals surface area (Å²) >= 11 is 0. The van der Waals surface area contributed by atoms with Crippen molar-refractivity contribution in [2.75, 3.05) is 19.8 Å². The minimum absolute atomic E-state index is 0.102. The predicted octanol–water partition coefficient (Wildman–Crippen LogP) is 2.18. The maximum absolute atomic E-state index is 10.7. The second-order valence-electron chi connectivity index (χ2n) is 12.6. The topological polar surface area (TPSA) is 138 Å². The summed E-state index contributed by atoms with van der Waals surface area (Å²) in [5.41, 5.74) is 0. The number of rotatable bonds is 10. The molecule has 6 fully saturated rings. The van der Waals surface area contributed by atoms with Gasteiger partial charge in [0.1, 0.15) is 61.4 Å². The molecule has 0 bridgehead atoms. The van der Waals surface area contributed by atoms with Gasteiger partial charge in [0.2, 0.25) is 0 Å². The summed E-state index contributed by atoms with van der Waals surface area (Å²) in [6.07, 6.45) is -4.68. The molecule has 6 saturated heterocycles. The number of hydrogen-bond donors (Lipinski definition) is 0. The molecule has 0 aromatic rings. The van der Waals surface area contributed by atoms with Crippen LogP contribution in [0.4, 0.5) is 0 Å². The Labute approximate surface area is 245 Å². The second kappa shape index (κ2) is 11.5. The summed E-state index contributed by atoms with van der Waals surface area (Å²) in [4.78, 5) is 0. The van der Waals surface area contributed by atoms with Gasteiger partial charge < -0.3 is 62.0 Å². The lowest BCUT2D eigenvalue weighted by Crippen LogP contribution is -2.45. The highest BCUT2D eigenvalue weighted by Crippen LogP contribution is 2.43. The van der Waals surface area contributed by atoms with E-state index in [2.05, 4.69) is 17.7 Å². The maximum Gasteiger partial charge on any atom is 0.301 e. The highest BCUT2D eigenvalue weighted by atomic mass is 16.9. The van der Waals surface area contributed by atoms with Gasteiger partial charge in [-0.05, 0) is 41.5 Å². The van der Waals surface area contributed by atoms with Crippen molar-refractivity contribution in [3.8, 4) is 6.07 Å². The Balaban J connectivity index is 1.14. The third-order valence-corrected chi connectivity index (χ3v) is 7.93. The average molecular weight is 600 g/mol. The van der Waals surface area contributed by atoms with Gasteiger partial charge in [-0.3, -0.25) is 0 Å². The number of ether oxygens (including phenoxy) is 12. The molecule has 6 aliphatic rings. The van der Waals surface area contributed by atoms with Crippen LogP contribution in [0.15, 0.2) is 12.7 Å². The van der Waals surface area contributed by atoms with E-state index in [9.17, 15) is 5.21 Å². The zero-order chi connectivity index (χ0) is 29.9. The molecule has 0 aromatic carbocycles. The lowest BCUT2D eigenvalue weighted by molar-refractivity contribution is -0.241. The smallest absolute Gasteiger partial charge is 0.301 e. The fourth-order valence-electron chi connectivity index (χ4n) is 6.40. The molecular weight excluding hydrogens is 558 g/mol. The minimum atomic E-state index is -0.849. The standard InChI is InChI=1S/C28H41NO13/c1-8-11-31-18-15(35-24-21(18)38-27(4,5)41-24)12-33-19-16(36-25-22(19)39-28(6,7)42-25)13-32-17-14(9-10-29-30)34-23-20(17)37-26(2,3)40-23/h8,14-25H,1,9,11-13H2,2-7H3/t14-,15-,16-,17+,18+,19+,20-,21-,22-,23-,24-,25-/m1/s1. The Bertz CT molecular complexity index is 1060. The highest BCUT2D eigenvalue weighted by molar-refractivity contribution is 5.02. The van der Waals surface area contributed by atoms with E-state index < -0.39 is 91.2 Å². The van der Waals surface area contributed by atoms with Gasteiger partial charge in [0, 0.05) is 5.01 Å². The summed E-state index contributed by atoms with van der Waals surface area (Å²) < 4.78 is 73.3. The highest BCUT2D eigenvalue weighted by Gasteiger charge is 2.60. The summed E-state index contributed by atoms with van der Waals surface area (Å²) in [5.74, 6) is -2.48. The van der Waals surface area contributed by atoms with Gasteiger partial charge in [-0.25, -0.2) is 0 Å². The van der Waals surface area contributed by atoms with E-state index in [0.717, 1.165) is 0 Å². The van der Waals surface area contributed by atoms with Gasteiger partial charge in [-0.1, -0.05) is 6.08 Å². The second-order valence-corrected chi connectivity index (χ2v) is 12.6. The molecule has 6 rings (SSSR count). The van der Waals surface area contributed by atoms with Gasteiger partial charge in [0.25, 0.3) is 0 Å². The van der Waals surface area contributed by atoms with Crippen molar-refractivity contribution in [3.63, 3.8) is 0 Å². The fourth-order valence-corrected chi connectivity index (χ4v) is 6.40. The molecule has 14 nitrogen and oxygen atoms in total. The molecule has 0 saturated carbocycles. The van der Waals surface area contributed by atoms with Crippen LogP contribution in [0.25, 0.3) is 5.01 Å². The Kier molecular flexibility index (Phi) is 8.36. The molecule has 0 amide bonds. The van der Waals surface area contributed by atoms with Crippen molar-refractivity contribution < 1.29 is 56.8 Å². The van der Waals surface area contributed by atoms with Crippen molar-refractivity contribution in [3.05, 3.63) is 22.9 Å². The van der Waals surface area contributed by atoms with Crippen LogP contribution in [0, 0.1) is 11.3 Å². The first-order valence-corrected chi connectivity index (χ1v) is 14.4. The van der Waals surface area contributed by atoms with Gasteiger partial charge >= 0.3 is 6.07 Å². The summed E-state index contributed by atoms with van der Waals surface area (Å²) in [7, 11) is 0. The fraction of sp³-hybridized carbons (Fsp3) is 0.893. The Morgan fingerprint density at radius 1 is 0.667 bits per heavy atom. The first-order chi connectivity index (χ1) is 19.9. The van der Waals surface area contributed by atoms with Crippen molar-refractivity contribution >= 4 is 0 Å². The van der Waals surface area contributed by atoms with Crippen LogP contribution in [0.5, 0.6) is 0 Å². The van der Waals surface area contributed by atoms with E-state index in [-0.39, 0.29) is 19.6 Å². The minimum Gasteiger partial charge on any atom is -0.498 e. The van der Waals surface area contributed by atoms with Gasteiger partial charge in [-0.15, -0.1) is 6.58 Å². The van der Waals surface area contributed by atoms with Crippen molar-refractivity contribution in [2.45, 2.75) is 139 Å². The molecule has 12 atom stereocenters. The van der Waals surface area contributed by atoms with E-state index in [1.165, 1.54) is 0 Å². The number of hydrogen-bond acceptors (Lipinski definition) is 13. The monoisotopic (exact) mass is 599 g/mol. The van der Waals surface area contributed by atoms with Crippen LogP contribution in [0.3, 0.4) is 0 Å². The van der Waals surface area contributed by atoms with E-state index >= 15 is 0 Å². The third-order valence-electron chi connectivity index (χ3n) is 7.93. The van der Waals surface area contributed by atoms with Crippen LogP contribution in [-0.2, 0) is 56.8 Å². The van der Waals surface area contributed by atoms with Crippen LogP contribution in [0.1, 0.15) is 48.0 Å². The Morgan fingerprint density at radius 2 is 1.07 bits per heavy atom. The van der Waals surface area contributed by atoms with Crippen LogP contribution in [0.2, 0.25) is 0 Å². The molecule has 0 N–H and O–H groups in total. The SMILES string of the molecule is C=CCO[C@@H]1[C@H]2OC(C)(C)O[C@H]2O[C@@H]1CO[C@@H]1[C@H]2OC(C)(C)O[C@H]2O[C@@H]1CO[C@@H]1[C@H]2OC(C)(C)O[C@H]2O[C@@H]1CC#[N+][O-]. The normalized spacial score (nSPS) is 45.8. The van der Waals surface area contributed by atoms with E-state index in [0.29, 0.717) is 6.61 Å². The predicted molar refractivity (Wildman–Crippen MR) is 141 cm³/mol. The zero-order valence-electron chi connectivity index (χ0n) is 24.8. The lowest BCUT2D eigenvalue weighted by atomic mass is 10.1. The molecule has 6 aliphatic heterocycles. The van der Waals surface area contributed by atoms with Gasteiger partial charge in [0.15, 0.2) is 36.2 Å². The lowest BCUT2D eigenvalue weighted by Gasteiger charge is -2.30. The van der Waals surface area contributed by atoms with E-state index in [4.69, 9.17) is 56.8 Å². The molecule has 0 aromatic heterocycles. The molecule has 236 valence electrons. The molecule has 0 unspecified atom stereocenters. The van der Waals surface area contributed by atoms with E-state index in [1.807, 2.05) is 27.7 Å². The average Bonchev–Trinajstić information content (AvgIpc) is 3.67. The molecule has 0 radical (unpaired) electrons. The molecule has 14 heteroatoms. The number of nitrogens with zero attached hydrogens (tertiary/aromatic N) is 1. The van der Waals surface area contributed by atoms with Crippen LogP contribution >= 0.6 is 0 Å². The summed E-state index contributed by atoms with van der Waals surface area (Å²) in [6.45, 7) is 15.2. The van der Waals surface area contributed by atoms with E-state index in [1.54, 1.807) is 19.9 Å².